The molecule has 1 aromatic heterocycles. The molecule has 0 radical (unpaired) electrons. The smallest absolute Gasteiger partial charge is 0.319 e. The van der Waals surface area contributed by atoms with E-state index in [1.807, 2.05) is 4.90 Å². The fraction of sp³-hybridized carbons (Fsp3) is 0.500. The van der Waals surface area contributed by atoms with E-state index in [9.17, 15) is 14.8 Å². The summed E-state index contributed by atoms with van der Waals surface area (Å²) in [6.07, 6.45) is 2.04. The van der Waals surface area contributed by atoms with Crippen molar-refractivity contribution in [3.05, 3.63) is 17.1 Å². The fourth-order valence-corrected chi connectivity index (χ4v) is 2.09. The minimum Gasteiger partial charge on any atom is -0.740 e. The van der Waals surface area contributed by atoms with E-state index in [1.54, 1.807) is 6.92 Å². The standard InChI is InChI=1S/C12H17N5O3/c1-2-14-12(19)10(18)11-15-9(7-8(13)17(11)20)16-5-3-4-6-16/h7H,2-6,13H2,1H3,(H,14,19). The minimum absolute atomic E-state index is 0.144. The van der Waals surface area contributed by atoms with E-state index >= 15 is 0 Å². The number of anilines is 2. The van der Waals surface area contributed by atoms with Gasteiger partial charge in [0.25, 0.3) is 5.91 Å². The van der Waals surface area contributed by atoms with Crippen molar-refractivity contribution < 1.29 is 14.3 Å². The molecule has 2 rings (SSSR count). The number of nitrogens with two attached hydrogens (primary N) is 1. The number of hydrogen-bond donors (Lipinski definition) is 2. The first-order valence-electron chi connectivity index (χ1n) is 6.52. The average Bonchev–Trinajstić information content (AvgIpc) is 2.95. The number of aromatic nitrogens is 2. The molecule has 0 saturated carbocycles. The molecule has 1 aromatic rings. The van der Waals surface area contributed by atoms with Gasteiger partial charge in [0.05, 0.1) is 6.07 Å². The van der Waals surface area contributed by atoms with Gasteiger partial charge in [-0.2, -0.15) is 0 Å². The summed E-state index contributed by atoms with van der Waals surface area (Å²) >= 11 is 0. The highest BCUT2D eigenvalue weighted by Gasteiger charge is 2.28. The molecule has 20 heavy (non-hydrogen) atoms. The molecule has 2 heterocycles. The van der Waals surface area contributed by atoms with Crippen LogP contribution in [0, 0.1) is 5.21 Å². The van der Waals surface area contributed by atoms with Crippen molar-refractivity contribution in [1.82, 2.24) is 10.3 Å². The van der Waals surface area contributed by atoms with Crippen molar-refractivity contribution in [3.8, 4) is 0 Å². The van der Waals surface area contributed by atoms with Crippen LogP contribution in [0.2, 0.25) is 0 Å². The highest BCUT2D eigenvalue weighted by atomic mass is 16.5. The first-order valence-corrected chi connectivity index (χ1v) is 6.52. The molecule has 0 bridgehead atoms. The van der Waals surface area contributed by atoms with Crippen molar-refractivity contribution in [3.63, 3.8) is 0 Å². The van der Waals surface area contributed by atoms with Gasteiger partial charge in [-0.3, -0.25) is 9.59 Å². The lowest BCUT2D eigenvalue weighted by Gasteiger charge is -2.17. The molecule has 0 aromatic carbocycles. The molecule has 1 saturated heterocycles. The minimum atomic E-state index is -0.977. The second-order valence-electron chi connectivity index (χ2n) is 4.54. The lowest BCUT2D eigenvalue weighted by Crippen LogP contribution is -2.44. The lowest BCUT2D eigenvalue weighted by molar-refractivity contribution is -0.595. The van der Waals surface area contributed by atoms with Crippen molar-refractivity contribution in [2.45, 2.75) is 19.8 Å². The number of hydrogen-bond acceptors (Lipinski definition) is 6. The van der Waals surface area contributed by atoms with Gasteiger partial charge < -0.3 is 21.2 Å². The van der Waals surface area contributed by atoms with E-state index in [0.29, 0.717) is 12.4 Å². The molecule has 0 atom stereocenters. The molecule has 0 unspecified atom stereocenters. The van der Waals surface area contributed by atoms with E-state index in [2.05, 4.69) is 10.3 Å². The van der Waals surface area contributed by atoms with E-state index in [-0.39, 0.29) is 10.5 Å². The Bertz CT molecular complexity index is 540. The third kappa shape index (κ3) is 2.63. The number of nitrogen functional groups attached to an aromatic ring is 1. The Balaban J connectivity index is 2.36. The molecule has 0 spiro atoms. The zero-order valence-electron chi connectivity index (χ0n) is 11.3. The molecule has 1 amide bonds. The number of nitrogens with zero attached hydrogens (tertiary/aromatic N) is 3. The summed E-state index contributed by atoms with van der Waals surface area (Å²) in [4.78, 5) is 29.4. The number of carbonyl (C=O) groups is 2. The Kier molecular flexibility index (Phi) is 4.02. The summed E-state index contributed by atoms with van der Waals surface area (Å²) < 4.78 is 0.192. The second kappa shape index (κ2) is 5.72. The van der Waals surface area contributed by atoms with E-state index < -0.39 is 17.5 Å². The molecular weight excluding hydrogens is 262 g/mol. The van der Waals surface area contributed by atoms with Crippen molar-refractivity contribution in [2.24, 2.45) is 0 Å². The van der Waals surface area contributed by atoms with Crippen LogP contribution >= 0.6 is 0 Å². The summed E-state index contributed by atoms with van der Waals surface area (Å²) in [5.41, 5.74) is 5.60. The maximum absolute atomic E-state index is 11.9. The number of Topliss-reactive ketones (excluding diaryl/α,β-unsaturated/α-hetero) is 1. The van der Waals surface area contributed by atoms with Gasteiger partial charge in [-0.1, -0.05) is 4.98 Å². The zero-order chi connectivity index (χ0) is 14.7. The summed E-state index contributed by atoms with van der Waals surface area (Å²) in [6.45, 7) is 3.57. The first kappa shape index (κ1) is 14.0. The van der Waals surface area contributed by atoms with Crippen LogP contribution in [0.4, 0.5) is 11.6 Å². The number of ketones is 1. The predicted molar refractivity (Wildman–Crippen MR) is 72.1 cm³/mol. The van der Waals surface area contributed by atoms with E-state index in [4.69, 9.17) is 5.73 Å². The summed E-state index contributed by atoms with van der Waals surface area (Å²) in [5.74, 6) is -2.01. The number of nitrogens with one attached hydrogen (secondary N) is 1. The summed E-state index contributed by atoms with van der Waals surface area (Å²) in [7, 11) is 0. The lowest BCUT2D eigenvalue weighted by atomic mass is 10.3. The SMILES string of the molecule is CCNC(=O)C(=O)c1nc(N2CCCC2)cc(N)[n+]1[O-]. The third-order valence-electron chi connectivity index (χ3n) is 3.10. The fourth-order valence-electron chi connectivity index (χ4n) is 2.09. The van der Waals surface area contributed by atoms with Gasteiger partial charge >= 0.3 is 11.6 Å². The molecule has 8 heteroatoms. The van der Waals surface area contributed by atoms with Crippen molar-refractivity contribution in [1.29, 1.82) is 0 Å². The van der Waals surface area contributed by atoms with Gasteiger partial charge in [0.2, 0.25) is 11.6 Å². The third-order valence-corrected chi connectivity index (χ3v) is 3.10. The average molecular weight is 279 g/mol. The van der Waals surface area contributed by atoms with Gasteiger partial charge in [-0.05, 0) is 19.8 Å². The van der Waals surface area contributed by atoms with E-state index in [1.165, 1.54) is 6.07 Å². The maximum atomic E-state index is 11.9. The monoisotopic (exact) mass is 279 g/mol. The molecular formula is C12H17N5O3. The highest BCUT2D eigenvalue weighted by Crippen LogP contribution is 2.18. The molecule has 8 nitrogen and oxygen atoms in total. The van der Waals surface area contributed by atoms with Crippen LogP contribution in [0.1, 0.15) is 30.4 Å². The largest absolute Gasteiger partial charge is 0.740 e. The zero-order valence-corrected chi connectivity index (χ0v) is 11.3. The Morgan fingerprint density at radius 2 is 2.15 bits per heavy atom. The van der Waals surface area contributed by atoms with Crippen LogP contribution < -0.4 is 20.7 Å². The highest BCUT2D eigenvalue weighted by molar-refractivity contribution is 6.41. The van der Waals surface area contributed by atoms with E-state index in [0.717, 1.165) is 25.9 Å². The topological polar surface area (TPSA) is 115 Å². The van der Waals surface area contributed by atoms with Crippen molar-refractivity contribution >= 4 is 23.3 Å². The van der Waals surface area contributed by atoms with Crippen LogP contribution in [0.25, 0.3) is 0 Å². The van der Waals surface area contributed by atoms with Crippen LogP contribution in [-0.2, 0) is 4.79 Å². The Hall–Kier alpha value is -2.38. The number of likely N-dealkylation sites (N-methyl/N-ethyl adjacent to an activating group) is 1. The Labute approximate surface area is 116 Å². The number of amides is 1. The number of rotatable bonds is 4. The van der Waals surface area contributed by atoms with Crippen LogP contribution in [0.5, 0.6) is 0 Å². The number of carbonyl (C=O) groups excluding carboxylic acids is 2. The predicted octanol–water partition coefficient (Wildman–Crippen LogP) is -0.784. The Morgan fingerprint density at radius 1 is 1.50 bits per heavy atom. The first-order chi connectivity index (χ1) is 9.54. The quantitative estimate of drug-likeness (QED) is 0.323. The summed E-state index contributed by atoms with van der Waals surface area (Å²) in [6, 6.07) is 1.42. The van der Waals surface area contributed by atoms with Crippen LogP contribution in [0.15, 0.2) is 6.07 Å². The summed E-state index contributed by atoms with van der Waals surface area (Å²) in [5, 5.41) is 14.1. The normalized spacial score (nSPS) is 14.3. The van der Waals surface area contributed by atoms with Gasteiger partial charge in [0.15, 0.2) is 0 Å². The molecule has 108 valence electrons. The van der Waals surface area contributed by atoms with Crippen LogP contribution in [-0.4, -0.2) is 36.3 Å². The van der Waals surface area contributed by atoms with Crippen molar-refractivity contribution in [2.75, 3.05) is 30.3 Å². The maximum Gasteiger partial charge on any atom is 0.319 e. The molecule has 1 fully saturated rings. The Morgan fingerprint density at radius 3 is 2.75 bits per heavy atom. The molecule has 3 N–H and O–H groups in total. The molecule has 1 aliphatic heterocycles. The molecule has 0 aliphatic carbocycles. The molecule has 1 aliphatic rings. The van der Waals surface area contributed by atoms with Gasteiger partial charge in [-0.15, -0.1) is 0 Å². The van der Waals surface area contributed by atoms with Gasteiger partial charge in [0, 0.05) is 19.6 Å². The van der Waals surface area contributed by atoms with Gasteiger partial charge in [0.1, 0.15) is 0 Å². The second-order valence-corrected chi connectivity index (χ2v) is 4.54. The van der Waals surface area contributed by atoms with Crippen LogP contribution in [0.3, 0.4) is 0 Å². The van der Waals surface area contributed by atoms with Gasteiger partial charge in [-0.25, -0.2) is 4.73 Å².